The summed E-state index contributed by atoms with van der Waals surface area (Å²) in [7, 11) is -3.39. The van der Waals surface area contributed by atoms with Crippen molar-refractivity contribution in [1.29, 1.82) is 0 Å². The number of carbonyl (C=O) groups excluding carboxylic acids is 1. The molecule has 4 rings (SSSR count). The van der Waals surface area contributed by atoms with Crippen LogP contribution in [0.25, 0.3) is 5.69 Å². The third-order valence-electron chi connectivity index (χ3n) is 5.41. The van der Waals surface area contributed by atoms with Crippen molar-refractivity contribution >= 4 is 15.7 Å². The van der Waals surface area contributed by atoms with Crippen LogP contribution in [0.3, 0.4) is 0 Å². The van der Waals surface area contributed by atoms with Crippen LogP contribution >= 0.6 is 0 Å². The second-order valence-electron chi connectivity index (χ2n) is 7.46. The molecule has 1 saturated heterocycles. The van der Waals surface area contributed by atoms with Crippen molar-refractivity contribution in [3.8, 4) is 5.69 Å². The Morgan fingerprint density at radius 1 is 1.10 bits per heavy atom. The van der Waals surface area contributed by atoms with Gasteiger partial charge in [-0.2, -0.15) is 0 Å². The molecule has 31 heavy (non-hydrogen) atoms. The molecule has 1 aliphatic rings. The third-order valence-corrected chi connectivity index (χ3v) is 7.64. The first-order valence-electron chi connectivity index (χ1n) is 10.2. The van der Waals surface area contributed by atoms with Crippen LogP contribution < -0.4 is 5.32 Å². The largest absolute Gasteiger partial charge is 0.378 e. The van der Waals surface area contributed by atoms with Crippen LogP contribution in [0.2, 0.25) is 0 Å². The van der Waals surface area contributed by atoms with Gasteiger partial charge in [0.2, 0.25) is 0 Å². The predicted octanol–water partition coefficient (Wildman–Crippen LogP) is 2.41. The van der Waals surface area contributed by atoms with Gasteiger partial charge >= 0.3 is 0 Å². The molecule has 0 spiro atoms. The maximum absolute atomic E-state index is 12.9. The number of amides is 1. The fourth-order valence-electron chi connectivity index (χ4n) is 3.72. The van der Waals surface area contributed by atoms with E-state index in [2.05, 4.69) is 15.5 Å². The number of nitrogens with zero attached hydrogens (tertiary/aromatic N) is 3. The minimum atomic E-state index is -3.39. The summed E-state index contributed by atoms with van der Waals surface area (Å²) in [5.41, 5.74) is 1.32. The number of aromatic nitrogens is 3. The van der Waals surface area contributed by atoms with E-state index in [1.807, 2.05) is 6.07 Å². The van der Waals surface area contributed by atoms with E-state index in [0.29, 0.717) is 42.9 Å². The van der Waals surface area contributed by atoms with Crippen molar-refractivity contribution in [2.75, 3.05) is 13.2 Å². The highest BCUT2D eigenvalue weighted by molar-refractivity contribution is 7.92. The highest BCUT2D eigenvalue weighted by Gasteiger charge is 2.33. The maximum atomic E-state index is 12.9. The Hall–Kier alpha value is -3.04. The zero-order valence-electron chi connectivity index (χ0n) is 16.9. The summed E-state index contributed by atoms with van der Waals surface area (Å²) in [6.45, 7) is 0.800. The number of nitrogens with one attached hydrogen (secondary N) is 1. The molecule has 0 radical (unpaired) electrons. The van der Waals surface area contributed by atoms with Crippen molar-refractivity contribution in [1.82, 2.24) is 20.1 Å². The van der Waals surface area contributed by atoms with E-state index in [4.69, 9.17) is 4.74 Å². The molecule has 1 aromatic heterocycles. The Morgan fingerprint density at radius 3 is 2.65 bits per heavy atom. The number of carbonyl (C=O) groups is 1. The predicted molar refractivity (Wildman–Crippen MR) is 115 cm³/mol. The fraction of sp³-hybridized carbons (Fsp3) is 0.318. The van der Waals surface area contributed by atoms with Crippen LogP contribution in [0.15, 0.2) is 72.1 Å². The lowest BCUT2D eigenvalue weighted by Crippen LogP contribution is -2.36. The average Bonchev–Trinajstić information content (AvgIpc) is 3.35. The van der Waals surface area contributed by atoms with Gasteiger partial charge in [0.1, 0.15) is 12.7 Å². The molecule has 1 amide bonds. The second-order valence-corrected chi connectivity index (χ2v) is 9.69. The first-order valence-corrected chi connectivity index (χ1v) is 11.7. The molecule has 0 aliphatic carbocycles. The zero-order valence-corrected chi connectivity index (χ0v) is 17.7. The van der Waals surface area contributed by atoms with Crippen LogP contribution in [-0.2, 0) is 14.6 Å². The molecule has 1 N–H and O–H groups in total. The van der Waals surface area contributed by atoms with Gasteiger partial charge in [0.05, 0.1) is 16.2 Å². The number of ether oxygens (including phenoxy) is 1. The molecule has 1 aliphatic heterocycles. The van der Waals surface area contributed by atoms with E-state index in [1.165, 1.54) is 0 Å². The van der Waals surface area contributed by atoms with Crippen LogP contribution in [0, 0.1) is 0 Å². The van der Waals surface area contributed by atoms with Crippen LogP contribution in [-0.4, -0.2) is 53.6 Å². The van der Waals surface area contributed by atoms with Gasteiger partial charge in [0.25, 0.3) is 5.91 Å². The van der Waals surface area contributed by atoms with E-state index < -0.39 is 15.1 Å². The van der Waals surface area contributed by atoms with Crippen LogP contribution in [0.5, 0.6) is 0 Å². The summed E-state index contributed by atoms with van der Waals surface area (Å²) in [5, 5.41) is 9.97. The molecule has 162 valence electrons. The molecule has 0 saturated carbocycles. The lowest BCUT2D eigenvalue weighted by Gasteiger charge is -2.29. The minimum absolute atomic E-state index is 0.195. The molecule has 8 nitrogen and oxygen atoms in total. The number of sulfone groups is 1. The van der Waals surface area contributed by atoms with Crippen LogP contribution in [0.4, 0.5) is 0 Å². The van der Waals surface area contributed by atoms with Crippen molar-refractivity contribution < 1.29 is 17.9 Å². The monoisotopic (exact) mass is 440 g/mol. The Labute approximate surface area is 181 Å². The SMILES string of the molecule is O=C(NCC[C@@H]1C[C@@H](S(=O)(=O)c2ccccc2)CCO1)c1cccc(-n2cnnc2)c1. The molecule has 2 atom stereocenters. The summed E-state index contributed by atoms with van der Waals surface area (Å²) in [5.74, 6) is -0.195. The molecule has 2 heterocycles. The Morgan fingerprint density at radius 2 is 1.87 bits per heavy atom. The van der Waals surface area contributed by atoms with Crippen molar-refractivity contribution in [3.63, 3.8) is 0 Å². The molecule has 0 unspecified atom stereocenters. The van der Waals surface area contributed by atoms with Gasteiger partial charge in [0.15, 0.2) is 9.84 Å². The number of hydrogen-bond acceptors (Lipinski definition) is 6. The van der Waals surface area contributed by atoms with Gasteiger partial charge in [-0.05, 0) is 49.6 Å². The Balaban J connectivity index is 1.32. The standard InChI is InChI=1S/C22H24N4O4S/c27-22(17-5-4-6-18(13-17)26-15-24-25-16-26)23-11-9-19-14-21(10-12-30-19)31(28,29)20-7-2-1-3-8-20/h1-8,13,15-16,19,21H,9-12,14H2,(H,23,27)/t19-,21+/m1/s1. The van der Waals surface area contributed by atoms with E-state index >= 15 is 0 Å². The zero-order chi connectivity index (χ0) is 21.7. The van der Waals surface area contributed by atoms with E-state index in [0.717, 1.165) is 5.69 Å². The summed E-state index contributed by atoms with van der Waals surface area (Å²) in [4.78, 5) is 12.9. The number of benzene rings is 2. The molecular formula is C22H24N4O4S. The summed E-state index contributed by atoms with van der Waals surface area (Å²) in [6, 6.07) is 15.7. The lowest BCUT2D eigenvalue weighted by molar-refractivity contribution is 0.0132. The summed E-state index contributed by atoms with van der Waals surface area (Å²) < 4.78 is 33.3. The maximum Gasteiger partial charge on any atom is 0.251 e. The third kappa shape index (κ3) is 5.00. The fourth-order valence-corrected chi connectivity index (χ4v) is 5.52. The van der Waals surface area contributed by atoms with Gasteiger partial charge in [-0.15, -0.1) is 10.2 Å². The van der Waals surface area contributed by atoms with E-state index in [-0.39, 0.29) is 12.0 Å². The topological polar surface area (TPSA) is 103 Å². The second kappa shape index (κ2) is 9.40. The normalized spacial score (nSPS) is 19.1. The highest BCUT2D eigenvalue weighted by Crippen LogP contribution is 2.27. The van der Waals surface area contributed by atoms with Crippen LogP contribution in [0.1, 0.15) is 29.6 Å². The first-order chi connectivity index (χ1) is 15.0. The van der Waals surface area contributed by atoms with Crippen molar-refractivity contribution in [2.24, 2.45) is 0 Å². The van der Waals surface area contributed by atoms with E-state index in [9.17, 15) is 13.2 Å². The van der Waals surface area contributed by atoms with E-state index in [1.54, 1.807) is 65.8 Å². The number of rotatable bonds is 7. The quantitative estimate of drug-likeness (QED) is 0.605. The van der Waals surface area contributed by atoms with Gasteiger partial charge in [0, 0.05) is 24.4 Å². The first kappa shape index (κ1) is 21.2. The van der Waals surface area contributed by atoms with Crippen molar-refractivity contribution in [2.45, 2.75) is 35.5 Å². The average molecular weight is 441 g/mol. The highest BCUT2D eigenvalue weighted by atomic mass is 32.2. The summed E-state index contributed by atoms with van der Waals surface area (Å²) >= 11 is 0. The van der Waals surface area contributed by atoms with Crippen molar-refractivity contribution in [3.05, 3.63) is 72.8 Å². The van der Waals surface area contributed by atoms with Gasteiger partial charge in [-0.25, -0.2) is 8.42 Å². The Kier molecular flexibility index (Phi) is 6.43. The lowest BCUT2D eigenvalue weighted by atomic mass is 10.1. The smallest absolute Gasteiger partial charge is 0.251 e. The van der Waals surface area contributed by atoms with Gasteiger partial charge < -0.3 is 10.1 Å². The number of hydrogen-bond donors (Lipinski definition) is 1. The molecule has 3 aromatic rings. The summed E-state index contributed by atoms with van der Waals surface area (Å²) in [6.07, 6.45) is 4.39. The Bertz CT molecular complexity index is 1120. The molecule has 9 heteroatoms. The van der Waals surface area contributed by atoms with Gasteiger partial charge in [-0.3, -0.25) is 9.36 Å². The van der Waals surface area contributed by atoms with Gasteiger partial charge in [-0.1, -0.05) is 24.3 Å². The minimum Gasteiger partial charge on any atom is -0.378 e. The molecular weight excluding hydrogens is 416 g/mol. The molecule has 1 fully saturated rings. The molecule has 2 aromatic carbocycles. The molecule has 0 bridgehead atoms.